The molecule has 0 spiro atoms. The van der Waals surface area contributed by atoms with Crippen molar-refractivity contribution in [3.05, 3.63) is 27.2 Å². The van der Waals surface area contributed by atoms with Crippen LogP contribution in [0.5, 0.6) is 5.75 Å². The summed E-state index contributed by atoms with van der Waals surface area (Å²) in [6, 6.07) is 2.93. The van der Waals surface area contributed by atoms with E-state index in [1.807, 2.05) is 0 Å². The zero-order valence-electron chi connectivity index (χ0n) is 11.2. The first kappa shape index (κ1) is 17.4. The third-order valence-corrected chi connectivity index (χ3v) is 3.65. The molecule has 112 valence electrons. The fourth-order valence-corrected chi connectivity index (χ4v) is 1.96. The van der Waals surface area contributed by atoms with Crippen LogP contribution in [-0.2, 0) is 4.79 Å². The number of aliphatic hydroxyl groups excluding tert-OH is 1. The molecule has 1 aromatic rings. The molecule has 0 bridgehead atoms. The number of rotatable bonds is 6. The van der Waals surface area contributed by atoms with E-state index in [1.165, 1.54) is 17.0 Å². The minimum atomic E-state index is -0.448. The van der Waals surface area contributed by atoms with Gasteiger partial charge in [-0.1, -0.05) is 34.8 Å². The van der Waals surface area contributed by atoms with Crippen molar-refractivity contribution in [3.8, 4) is 5.75 Å². The van der Waals surface area contributed by atoms with Gasteiger partial charge in [0.2, 0.25) is 0 Å². The summed E-state index contributed by atoms with van der Waals surface area (Å²) >= 11 is 17.6. The summed E-state index contributed by atoms with van der Waals surface area (Å²) in [4.78, 5) is 13.3. The van der Waals surface area contributed by atoms with E-state index in [0.717, 1.165) is 0 Å². The summed E-state index contributed by atoms with van der Waals surface area (Å²) in [5, 5.41) is 10.1. The van der Waals surface area contributed by atoms with Gasteiger partial charge in [0, 0.05) is 19.7 Å². The number of hydrogen-bond acceptors (Lipinski definition) is 3. The lowest BCUT2D eigenvalue weighted by molar-refractivity contribution is -0.132. The van der Waals surface area contributed by atoms with Gasteiger partial charge in [-0.25, -0.2) is 0 Å². The number of carbonyl (C=O) groups excluding carboxylic acids is 1. The molecule has 4 nitrogen and oxygen atoms in total. The molecule has 1 unspecified atom stereocenters. The predicted octanol–water partition coefficient (Wildman–Crippen LogP) is 3.25. The summed E-state index contributed by atoms with van der Waals surface area (Å²) in [7, 11) is 1.64. The Bertz CT molecular complexity index is 480. The van der Waals surface area contributed by atoms with Crippen LogP contribution >= 0.6 is 34.8 Å². The van der Waals surface area contributed by atoms with Crippen LogP contribution in [-0.4, -0.2) is 42.2 Å². The minimum absolute atomic E-state index is 0.159. The third kappa shape index (κ3) is 5.37. The topological polar surface area (TPSA) is 49.8 Å². The Morgan fingerprint density at radius 3 is 2.50 bits per heavy atom. The molecule has 0 aromatic heterocycles. The Hall–Kier alpha value is -0.680. The quantitative estimate of drug-likeness (QED) is 0.809. The maximum Gasteiger partial charge on any atom is 0.260 e. The number of benzene rings is 1. The number of amides is 1. The van der Waals surface area contributed by atoms with Crippen molar-refractivity contribution >= 4 is 40.7 Å². The van der Waals surface area contributed by atoms with Gasteiger partial charge in [-0.3, -0.25) is 4.79 Å². The van der Waals surface area contributed by atoms with Gasteiger partial charge >= 0.3 is 0 Å². The SMILES string of the molecule is CC(O)CCN(C)C(=O)COc1cc(Cl)c(Cl)cc1Cl. The van der Waals surface area contributed by atoms with E-state index < -0.39 is 6.10 Å². The number of ether oxygens (including phenoxy) is 1. The van der Waals surface area contributed by atoms with Crippen molar-refractivity contribution in [2.75, 3.05) is 20.2 Å². The Morgan fingerprint density at radius 2 is 1.90 bits per heavy atom. The Labute approximate surface area is 133 Å². The molecule has 0 aliphatic heterocycles. The van der Waals surface area contributed by atoms with Crippen molar-refractivity contribution in [2.24, 2.45) is 0 Å². The van der Waals surface area contributed by atoms with Gasteiger partial charge in [0.25, 0.3) is 5.91 Å². The van der Waals surface area contributed by atoms with Crippen molar-refractivity contribution in [1.29, 1.82) is 0 Å². The number of likely N-dealkylation sites (N-methyl/N-ethyl adjacent to an activating group) is 1. The number of nitrogens with zero attached hydrogens (tertiary/aromatic N) is 1. The first-order valence-electron chi connectivity index (χ1n) is 6.00. The molecular weight excluding hydrogens is 325 g/mol. The smallest absolute Gasteiger partial charge is 0.260 e. The Kier molecular flexibility index (Phi) is 6.89. The van der Waals surface area contributed by atoms with E-state index >= 15 is 0 Å². The molecule has 1 N–H and O–H groups in total. The number of halogens is 3. The predicted molar refractivity (Wildman–Crippen MR) is 80.9 cm³/mol. The zero-order valence-corrected chi connectivity index (χ0v) is 13.5. The first-order chi connectivity index (χ1) is 9.31. The molecule has 0 heterocycles. The van der Waals surface area contributed by atoms with Gasteiger partial charge in [0.15, 0.2) is 6.61 Å². The fraction of sp³-hybridized carbons (Fsp3) is 0.462. The largest absolute Gasteiger partial charge is 0.482 e. The molecule has 0 aliphatic carbocycles. The lowest BCUT2D eigenvalue weighted by atomic mass is 10.3. The van der Waals surface area contributed by atoms with Crippen LogP contribution in [0, 0.1) is 0 Å². The molecule has 1 aromatic carbocycles. The maximum absolute atomic E-state index is 11.8. The number of carbonyl (C=O) groups is 1. The minimum Gasteiger partial charge on any atom is -0.482 e. The van der Waals surface area contributed by atoms with Crippen molar-refractivity contribution < 1.29 is 14.6 Å². The zero-order chi connectivity index (χ0) is 15.3. The van der Waals surface area contributed by atoms with Crippen LogP contribution in [0.15, 0.2) is 12.1 Å². The van der Waals surface area contributed by atoms with Crippen LogP contribution in [0.1, 0.15) is 13.3 Å². The normalized spacial score (nSPS) is 12.1. The summed E-state index contributed by atoms with van der Waals surface area (Å²) in [6.07, 6.45) is 0.0613. The highest BCUT2D eigenvalue weighted by atomic mass is 35.5. The second-order valence-corrected chi connectivity index (χ2v) is 5.66. The molecule has 0 saturated heterocycles. The van der Waals surface area contributed by atoms with Gasteiger partial charge in [-0.05, 0) is 19.4 Å². The van der Waals surface area contributed by atoms with Crippen LogP contribution < -0.4 is 4.74 Å². The van der Waals surface area contributed by atoms with Crippen molar-refractivity contribution in [3.63, 3.8) is 0 Å². The average molecular weight is 341 g/mol. The van der Waals surface area contributed by atoms with Gasteiger partial charge in [-0.15, -0.1) is 0 Å². The van der Waals surface area contributed by atoms with E-state index in [0.29, 0.717) is 33.8 Å². The molecule has 20 heavy (non-hydrogen) atoms. The van der Waals surface area contributed by atoms with Crippen LogP contribution in [0.25, 0.3) is 0 Å². The van der Waals surface area contributed by atoms with Crippen LogP contribution in [0.2, 0.25) is 15.1 Å². The van der Waals surface area contributed by atoms with E-state index in [-0.39, 0.29) is 12.5 Å². The Morgan fingerprint density at radius 1 is 1.30 bits per heavy atom. The highest BCUT2D eigenvalue weighted by molar-refractivity contribution is 6.43. The van der Waals surface area contributed by atoms with Crippen molar-refractivity contribution in [1.82, 2.24) is 4.90 Å². The van der Waals surface area contributed by atoms with E-state index in [2.05, 4.69) is 0 Å². The van der Waals surface area contributed by atoms with E-state index in [4.69, 9.17) is 39.5 Å². The second-order valence-electron chi connectivity index (χ2n) is 4.44. The maximum atomic E-state index is 11.8. The Balaban J connectivity index is 2.54. The molecule has 0 radical (unpaired) electrons. The fourth-order valence-electron chi connectivity index (χ4n) is 1.37. The highest BCUT2D eigenvalue weighted by Crippen LogP contribution is 2.33. The molecule has 0 fully saturated rings. The highest BCUT2D eigenvalue weighted by Gasteiger charge is 2.13. The van der Waals surface area contributed by atoms with E-state index in [9.17, 15) is 9.90 Å². The summed E-state index contributed by atoms with van der Waals surface area (Å²) in [5.74, 6) is 0.0890. The standard InChI is InChI=1S/C13H16Cl3NO3/c1-8(18)3-4-17(2)13(19)7-20-12-6-10(15)9(14)5-11(12)16/h5-6,8,18H,3-4,7H2,1-2H3. The van der Waals surface area contributed by atoms with Gasteiger partial charge in [0.05, 0.1) is 21.2 Å². The van der Waals surface area contributed by atoms with Gasteiger partial charge < -0.3 is 14.7 Å². The lowest BCUT2D eigenvalue weighted by Crippen LogP contribution is -2.33. The van der Waals surface area contributed by atoms with E-state index in [1.54, 1.807) is 14.0 Å². The lowest BCUT2D eigenvalue weighted by Gasteiger charge is -2.18. The molecule has 1 rings (SSSR count). The molecule has 1 atom stereocenters. The van der Waals surface area contributed by atoms with Crippen LogP contribution in [0.4, 0.5) is 0 Å². The number of aliphatic hydroxyl groups is 1. The third-order valence-electron chi connectivity index (χ3n) is 2.63. The van der Waals surface area contributed by atoms with Gasteiger partial charge in [0.1, 0.15) is 5.75 Å². The monoisotopic (exact) mass is 339 g/mol. The average Bonchev–Trinajstić information content (AvgIpc) is 2.38. The summed E-state index contributed by atoms with van der Waals surface area (Å²) in [5.41, 5.74) is 0. The van der Waals surface area contributed by atoms with Gasteiger partial charge in [-0.2, -0.15) is 0 Å². The number of hydrogen-bond donors (Lipinski definition) is 1. The second kappa shape index (κ2) is 7.93. The molecular formula is C13H16Cl3NO3. The molecule has 0 saturated carbocycles. The molecule has 0 aliphatic rings. The molecule has 7 heteroatoms. The first-order valence-corrected chi connectivity index (χ1v) is 7.14. The van der Waals surface area contributed by atoms with Crippen molar-refractivity contribution in [2.45, 2.75) is 19.4 Å². The summed E-state index contributed by atoms with van der Waals surface area (Å²) < 4.78 is 5.33. The summed E-state index contributed by atoms with van der Waals surface area (Å²) in [6.45, 7) is 1.97. The van der Waals surface area contributed by atoms with Crippen LogP contribution in [0.3, 0.4) is 0 Å². The molecule has 1 amide bonds.